The Hall–Kier alpha value is -1.05. The Bertz CT molecular complexity index is 1020. The molecular formula is C35H56O6. The van der Waals surface area contributed by atoms with Gasteiger partial charge in [0.15, 0.2) is 12.1 Å². The van der Waals surface area contributed by atoms with Crippen LogP contribution in [0.3, 0.4) is 0 Å². The van der Waals surface area contributed by atoms with Crippen LogP contribution in [-0.4, -0.2) is 57.9 Å². The highest BCUT2D eigenvalue weighted by molar-refractivity contribution is 5.91. The van der Waals surface area contributed by atoms with Crippen molar-refractivity contribution < 1.29 is 29.6 Å². The first-order valence-corrected chi connectivity index (χ1v) is 16.6. The smallest absolute Gasteiger partial charge is 0.186 e. The molecule has 14 atom stereocenters. The molecule has 0 aromatic carbocycles. The number of ether oxygens (including phenoxy) is 2. The van der Waals surface area contributed by atoms with Crippen molar-refractivity contribution >= 4 is 5.78 Å². The van der Waals surface area contributed by atoms with Gasteiger partial charge in [-0.05, 0) is 124 Å². The van der Waals surface area contributed by atoms with E-state index in [1.807, 2.05) is 6.08 Å². The molecule has 0 aromatic rings. The zero-order valence-corrected chi connectivity index (χ0v) is 26.4. The van der Waals surface area contributed by atoms with Crippen molar-refractivity contribution in [2.75, 3.05) is 0 Å². The first-order valence-electron chi connectivity index (χ1n) is 16.6. The standard InChI is InChI=1S/C35H56O6/c1-8-22(19(2)3)10-9-20(4)25-11-12-26-29-27(14-16-35(25,26)7)34(6)15-13-24(36)17-23(34)18-28(29)41-33-32(39)31(38)30(37)21(5)40-33/h17,20-22,25-33,37-39H,2,8-16,18H2,1,3-7H3. The van der Waals surface area contributed by atoms with Crippen molar-refractivity contribution in [3.05, 3.63) is 23.8 Å². The van der Waals surface area contributed by atoms with Gasteiger partial charge in [-0.15, -0.1) is 0 Å². The second kappa shape index (κ2) is 11.8. The Morgan fingerprint density at radius 1 is 1.10 bits per heavy atom. The molecule has 5 rings (SSSR count). The lowest BCUT2D eigenvalue weighted by molar-refractivity contribution is -0.316. The van der Waals surface area contributed by atoms with E-state index in [0.717, 1.165) is 19.3 Å². The minimum atomic E-state index is -1.32. The zero-order valence-electron chi connectivity index (χ0n) is 26.4. The van der Waals surface area contributed by atoms with E-state index in [1.165, 1.54) is 43.3 Å². The lowest BCUT2D eigenvalue weighted by Crippen LogP contribution is -2.61. The predicted octanol–water partition coefficient (Wildman–Crippen LogP) is 5.98. The molecule has 1 saturated heterocycles. The van der Waals surface area contributed by atoms with Gasteiger partial charge < -0.3 is 24.8 Å². The second-order valence-corrected chi connectivity index (χ2v) is 15.1. The van der Waals surface area contributed by atoms with E-state index in [-0.39, 0.29) is 22.7 Å². The summed E-state index contributed by atoms with van der Waals surface area (Å²) < 4.78 is 12.6. The van der Waals surface area contributed by atoms with Crippen LogP contribution >= 0.6 is 0 Å². The summed E-state index contributed by atoms with van der Waals surface area (Å²) in [6.45, 7) is 17.8. The summed E-state index contributed by atoms with van der Waals surface area (Å²) in [6, 6.07) is 0. The number of allylic oxidation sites excluding steroid dienone is 1. The largest absolute Gasteiger partial charge is 0.388 e. The second-order valence-electron chi connectivity index (χ2n) is 15.1. The molecular weight excluding hydrogens is 516 g/mol. The van der Waals surface area contributed by atoms with Gasteiger partial charge in [0, 0.05) is 6.42 Å². The predicted molar refractivity (Wildman–Crippen MR) is 160 cm³/mol. The van der Waals surface area contributed by atoms with Crippen molar-refractivity contribution in [3.8, 4) is 0 Å². The minimum absolute atomic E-state index is 0.00561. The molecule has 0 spiro atoms. The van der Waals surface area contributed by atoms with E-state index < -0.39 is 30.7 Å². The average Bonchev–Trinajstić information content (AvgIpc) is 3.28. The Balaban J connectivity index is 1.42. The molecule has 0 aromatic heterocycles. The maximum atomic E-state index is 12.6. The molecule has 1 heterocycles. The van der Waals surface area contributed by atoms with Crippen LogP contribution < -0.4 is 0 Å². The van der Waals surface area contributed by atoms with Crippen molar-refractivity contribution in [2.24, 2.45) is 46.3 Å². The van der Waals surface area contributed by atoms with Crippen LogP contribution in [0, 0.1) is 46.3 Å². The fourth-order valence-electron chi connectivity index (χ4n) is 10.4. The number of hydrogen-bond donors (Lipinski definition) is 3. The van der Waals surface area contributed by atoms with E-state index in [0.29, 0.717) is 48.3 Å². The minimum Gasteiger partial charge on any atom is -0.388 e. The third kappa shape index (κ3) is 5.43. The highest BCUT2D eigenvalue weighted by Crippen LogP contribution is 2.68. The quantitative estimate of drug-likeness (QED) is 0.310. The van der Waals surface area contributed by atoms with Gasteiger partial charge in [-0.3, -0.25) is 4.79 Å². The SMILES string of the molecule is C=C(C)C(CC)CCC(C)C1CCC2C3C(OC4OC(C)C(O)C(O)C4O)CC4=CC(=O)CCC4(C)C3CCC12C. The number of aliphatic hydroxyl groups excluding tert-OH is 3. The van der Waals surface area contributed by atoms with Crippen LogP contribution in [0.15, 0.2) is 23.8 Å². The summed E-state index contributed by atoms with van der Waals surface area (Å²) in [5.41, 5.74) is 2.72. The van der Waals surface area contributed by atoms with Crippen molar-refractivity contribution in [2.45, 2.75) is 143 Å². The number of carbonyl (C=O) groups is 1. The lowest BCUT2D eigenvalue weighted by atomic mass is 9.45. The molecule has 4 aliphatic carbocycles. The van der Waals surface area contributed by atoms with Crippen molar-refractivity contribution in [3.63, 3.8) is 0 Å². The van der Waals surface area contributed by atoms with Gasteiger partial charge in [-0.25, -0.2) is 0 Å². The Morgan fingerprint density at radius 3 is 2.51 bits per heavy atom. The monoisotopic (exact) mass is 572 g/mol. The number of aliphatic hydroxyl groups is 3. The summed E-state index contributed by atoms with van der Waals surface area (Å²) in [6.07, 6.45) is 6.79. The molecule has 232 valence electrons. The molecule has 5 aliphatic rings. The van der Waals surface area contributed by atoms with Crippen molar-refractivity contribution in [1.29, 1.82) is 0 Å². The normalized spacial score (nSPS) is 47.5. The number of hydrogen-bond acceptors (Lipinski definition) is 6. The maximum absolute atomic E-state index is 12.6. The molecule has 3 N–H and O–H groups in total. The molecule has 6 heteroatoms. The van der Waals surface area contributed by atoms with E-state index >= 15 is 0 Å². The van der Waals surface area contributed by atoms with Crippen molar-refractivity contribution in [1.82, 2.24) is 0 Å². The Kier molecular flexibility index (Phi) is 9.03. The van der Waals surface area contributed by atoms with E-state index in [9.17, 15) is 20.1 Å². The molecule has 4 fully saturated rings. The maximum Gasteiger partial charge on any atom is 0.186 e. The van der Waals surface area contributed by atoms with Gasteiger partial charge in [-0.2, -0.15) is 0 Å². The number of ketones is 1. The molecule has 14 unspecified atom stereocenters. The number of rotatable bonds is 8. The molecule has 41 heavy (non-hydrogen) atoms. The third-order valence-electron chi connectivity index (χ3n) is 13.0. The van der Waals surface area contributed by atoms with E-state index in [4.69, 9.17) is 9.47 Å². The fourth-order valence-corrected chi connectivity index (χ4v) is 10.4. The Morgan fingerprint density at radius 2 is 1.83 bits per heavy atom. The Labute approximate surface area is 248 Å². The number of fused-ring (bicyclic) bond motifs is 5. The summed E-state index contributed by atoms with van der Waals surface area (Å²) in [5, 5.41) is 31.6. The number of carbonyl (C=O) groups excluding carboxylic acids is 1. The topological polar surface area (TPSA) is 96.2 Å². The molecule has 0 bridgehead atoms. The fraction of sp³-hybridized carbons (Fsp3) is 0.857. The first-order chi connectivity index (χ1) is 19.3. The molecule has 3 saturated carbocycles. The van der Waals surface area contributed by atoms with Gasteiger partial charge in [0.1, 0.15) is 18.3 Å². The van der Waals surface area contributed by atoms with Crippen LogP contribution in [0.2, 0.25) is 0 Å². The van der Waals surface area contributed by atoms with Gasteiger partial charge >= 0.3 is 0 Å². The molecule has 0 amide bonds. The highest BCUT2D eigenvalue weighted by Gasteiger charge is 2.62. The van der Waals surface area contributed by atoms with E-state index in [1.54, 1.807) is 6.92 Å². The lowest BCUT2D eigenvalue weighted by Gasteiger charge is -2.61. The van der Waals surface area contributed by atoms with Crippen LogP contribution in [0.1, 0.15) is 106 Å². The van der Waals surface area contributed by atoms with Crippen LogP contribution in [0.5, 0.6) is 0 Å². The van der Waals surface area contributed by atoms with Gasteiger partial charge in [-0.1, -0.05) is 45.4 Å². The highest BCUT2D eigenvalue weighted by atomic mass is 16.7. The van der Waals surface area contributed by atoms with Gasteiger partial charge in [0.2, 0.25) is 0 Å². The summed E-state index contributed by atoms with van der Waals surface area (Å²) in [4.78, 5) is 12.6. The van der Waals surface area contributed by atoms with Crippen LogP contribution in [0.25, 0.3) is 0 Å². The van der Waals surface area contributed by atoms with Crippen LogP contribution in [-0.2, 0) is 14.3 Å². The zero-order chi connectivity index (χ0) is 29.9. The summed E-state index contributed by atoms with van der Waals surface area (Å²) in [7, 11) is 0. The third-order valence-corrected chi connectivity index (χ3v) is 13.0. The first kappa shape index (κ1) is 31.4. The molecule has 1 aliphatic heterocycles. The summed E-state index contributed by atoms with van der Waals surface area (Å²) >= 11 is 0. The molecule has 6 nitrogen and oxygen atoms in total. The van der Waals surface area contributed by atoms with Crippen LogP contribution in [0.4, 0.5) is 0 Å². The molecule has 0 radical (unpaired) electrons. The average molecular weight is 573 g/mol. The van der Waals surface area contributed by atoms with Gasteiger partial charge in [0.25, 0.3) is 0 Å². The van der Waals surface area contributed by atoms with Gasteiger partial charge in [0.05, 0.1) is 12.2 Å². The summed E-state index contributed by atoms with van der Waals surface area (Å²) in [5.74, 6) is 3.34. The van der Waals surface area contributed by atoms with E-state index in [2.05, 4.69) is 41.2 Å².